The number of thioether (sulfide) groups is 1. The Morgan fingerprint density at radius 2 is 2.00 bits per heavy atom. The van der Waals surface area contributed by atoms with Gasteiger partial charge in [-0.1, -0.05) is 18.6 Å². The molecule has 0 saturated carbocycles. The molecule has 3 atom stereocenters. The summed E-state index contributed by atoms with van der Waals surface area (Å²) in [6.07, 6.45) is 3.08. The van der Waals surface area contributed by atoms with Crippen molar-refractivity contribution >= 4 is 34.7 Å². The number of urea groups is 1. The lowest BCUT2D eigenvalue weighted by atomic mass is 10.0. The zero-order valence-electron chi connectivity index (χ0n) is 16.5. The van der Waals surface area contributed by atoms with Crippen molar-refractivity contribution in [3.05, 3.63) is 45.0 Å². The largest absolute Gasteiger partial charge is 0.354 e. The van der Waals surface area contributed by atoms with E-state index in [0.29, 0.717) is 22.7 Å². The van der Waals surface area contributed by atoms with E-state index in [9.17, 15) is 19.2 Å². The summed E-state index contributed by atoms with van der Waals surface area (Å²) in [6.45, 7) is 0.523. The molecule has 3 unspecified atom stereocenters. The maximum absolute atomic E-state index is 12.2. The van der Waals surface area contributed by atoms with Gasteiger partial charge in [0, 0.05) is 30.5 Å². The van der Waals surface area contributed by atoms with E-state index in [2.05, 4.69) is 20.9 Å². The molecule has 0 radical (unpaired) electrons. The quantitative estimate of drug-likeness (QED) is 0.276. The van der Waals surface area contributed by atoms with Gasteiger partial charge in [-0.3, -0.25) is 14.4 Å². The fraction of sp³-hybridized carbons (Fsp3) is 0.500. The minimum absolute atomic E-state index is 0.0648. The van der Waals surface area contributed by atoms with Crippen LogP contribution in [0.15, 0.2) is 33.9 Å². The van der Waals surface area contributed by atoms with Crippen molar-refractivity contribution in [3.63, 3.8) is 0 Å². The summed E-state index contributed by atoms with van der Waals surface area (Å²) < 4.78 is 1.39. The van der Waals surface area contributed by atoms with Gasteiger partial charge < -0.3 is 25.5 Å². The molecular formula is C20H25N5O4S. The van der Waals surface area contributed by atoms with Crippen molar-refractivity contribution in [2.45, 2.75) is 49.6 Å². The second-order valence-corrected chi connectivity index (χ2v) is 8.92. The third kappa shape index (κ3) is 4.38. The highest BCUT2D eigenvalue weighted by Gasteiger charge is 2.42. The van der Waals surface area contributed by atoms with Gasteiger partial charge in [-0.2, -0.15) is 11.8 Å². The van der Waals surface area contributed by atoms with Crippen LogP contribution >= 0.6 is 11.8 Å². The van der Waals surface area contributed by atoms with E-state index in [1.807, 2.05) is 11.8 Å². The van der Waals surface area contributed by atoms with Gasteiger partial charge in [-0.25, -0.2) is 4.79 Å². The summed E-state index contributed by atoms with van der Waals surface area (Å²) in [4.78, 5) is 50.1. The Morgan fingerprint density at radius 3 is 2.87 bits per heavy atom. The number of amides is 3. The standard InChI is InChI=1S/C20H25N5O4S/c26-16(8-4-3-7-15-17-13(11-30-15)23-20(29)24-17)21-9-10-25-14-6-2-1-5-12(14)22-18(27)19(25)28/h1-2,5-6,13,15,17H,3-4,7-11H2,(H,21,26)(H,22,27)(H2,23,24,29). The molecule has 2 aromatic rings. The highest BCUT2D eigenvalue weighted by atomic mass is 32.2. The topological polar surface area (TPSA) is 125 Å². The SMILES string of the molecule is O=C(CCCCC1SCC2NC(=O)NC21)NCCn1c(=O)c(=O)[nH]c2ccccc21. The number of hydrogen-bond acceptors (Lipinski definition) is 5. The van der Waals surface area contributed by atoms with Crippen molar-refractivity contribution in [3.8, 4) is 0 Å². The van der Waals surface area contributed by atoms with Crippen LogP contribution in [-0.4, -0.2) is 51.1 Å². The third-order valence-corrected chi connectivity index (χ3v) is 7.13. The van der Waals surface area contributed by atoms with Gasteiger partial charge >= 0.3 is 17.1 Å². The fourth-order valence-corrected chi connectivity index (χ4v) is 5.66. The average molecular weight is 432 g/mol. The summed E-state index contributed by atoms with van der Waals surface area (Å²) in [7, 11) is 0. The van der Waals surface area contributed by atoms with Crippen molar-refractivity contribution in [1.82, 2.24) is 25.5 Å². The van der Waals surface area contributed by atoms with Crippen LogP contribution < -0.4 is 27.1 Å². The second kappa shape index (κ2) is 8.95. The number of fused-ring (bicyclic) bond motifs is 2. The molecule has 10 heteroatoms. The van der Waals surface area contributed by atoms with Crippen LogP contribution in [0.25, 0.3) is 11.0 Å². The van der Waals surface area contributed by atoms with Gasteiger partial charge in [-0.15, -0.1) is 0 Å². The van der Waals surface area contributed by atoms with Gasteiger partial charge in [0.25, 0.3) is 0 Å². The zero-order chi connectivity index (χ0) is 21.1. The maximum Gasteiger partial charge on any atom is 0.316 e. The highest BCUT2D eigenvalue weighted by Crippen LogP contribution is 2.33. The van der Waals surface area contributed by atoms with Crippen LogP contribution in [0.1, 0.15) is 25.7 Å². The molecule has 2 saturated heterocycles. The van der Waals surface area contributed by atoms with E-state index in [0.717, 1.165) is 25.0 Å². The smallest absolute Gasteiger partial charge is 0.316 e. The predicted octanol–water partition coefficient (Wildman–Crippen LogP) is 0.532. The lowest BCUT2D eigenvalue weighted by molar-refractivity contribution is -0.121. The Hall–Kier alpha value is -2.75. The van der Waals surface area contributed by atoms with E-state index in [4.69, 9.17) is 0 Å². The van der Waals surface area contributed by atoms with Gasteiger partial charge in [0.1, 0.15) is 0 Å². The maximum atomic E-state index is 12.2. The summed E-state index contributed by atoms with van der Waals surface area (Å²) in [5.41, 5.74) is -0.0594. The van der Waals surface area contributed by atoms with Gasteiger partial charge in [0.05, 0.1) is 23.1 Å². The fourth-order valence-electron chi connectivity index (χ4n) is 4.11. The first-order chi connectivity index (χ1) is 14.5. The normalized spacial score (nSPS) is 22.5. The second-order valence-electron chi connectivity index (χ2n) is 7.65. The number of unbranched alkanes of at least 4 members (excludes halogenated alkanes) is 1. The zero-order valence-corrected chi connectivity index (χ0v) is 17.3. The lowest BCUT2D eigenvalue weighted by Crippen LogP contribution is -2.39. The van der Waals surface area contributed by atoms with Gasteiger partial charge in [0.15, 0.2) is 0 Å². The van der Waals surface area contributed by atoms with Crippen LogP contribution in [0.3, 0.4) is 0 Å². The number of aromatic amines is 1. The number of carbonyl (C=O) groups excluding carboxylic acids is 2. The molecule has 1 aromatic heterocycles. The number of nitrogens with zero attached hydrogens (tertiary/aromatic N) is 1. The van der Waals surface area contributed by atoms with Crippen LogP contribution in [0.4, 0.5) is 4.79 Å². The molecule has 2 aliphatic heterocycles. The number of carbonyl (C=O) groups is 2. The molecular weight excluding hydrogens is 406 g/mol. The average Bonchev–Trinajstić information content (AvgIpc) is 3.27. The number of hydrogen-bond donors (Lipinski definition) is 4. The van der Waals surface area contributed by atoms with Crippen molar-refractivity contribution < 1.29 is 9.59 Å². The van der Waals surface area contributed by atoms with Crippen LogP contribution in [-0.2, 0) is 11.3 Å². The summed E-state index contributed by atoms with van der Waals surface area (Å²) in [6, 6.07) is 7.43. The van der Waals surface area contributed by atoms with Crippen molar-refractivity contribution in [2.24, 2.45) is 0 Å². The number of benzene rings is 1. The number of H-pyrrole nitrogens is 1. The molecule has 30 heavy (non-hydrogen) atoms. The number of nitrogens with one attached hydrogen (secondary N) is 4. The Labute approximate surface area is 177 Å². The highest BCUT2D eigenvalue weighted by molar-refractivity contribution is 8.00. The summed E-state index contributed by atoms with van der Waals surface area (Å²) >= 11 is 1.87. The van der Waals surface area contributed by atoms with Crippen LogP contribution in [0.5, 0.6) is 0 Å². The first-order valence-corrected chi connectivity index (χ1v) is 11.2. The summed E-state index contributed by atoms with van der Waals surface area (Å²) in [5.74, 6) is 0.871. The molecule has 4 N–H and O–H groups in total. The molecule has 0 aliphatic carbocycles. The Balaban J connectivity index is 1.20. The van der Waals surface area contributed by atoms with Gasteiger partial charge in [0.2, 0.25) is 5.91 Å². The van der Waals surface area contributed by atoms with Crippen LogP contribution in [0, 0.1) is 0 Å². The molecule has 9 nitrogen and oxygen atoms in total. The Bertz CT molecular complexity index is 1070. The van der Waals surface area contributed by atoms with E-state index in [1.54, 1.807) is 24.3 Å². The minimum Gasteiger partial charge on any atom is -0.354 e. The first kappa shape index (κ1) is 20.5. The van der Waals surface area contributed by atoms with E-state index in [-0.39, 0.29) is 37.1 Å². The third-order valence-electron chi connectivity index (χ3n) is 5.62. The Morgan fingerprint density at radius 1 is 1.17 bits per heavy atom. The number of para-hydroxylation sites is 2. The minimum atomic E-state index is -0.666. The van der Waals surface area contributed by atoms with Crippen molar-refractivity contribution in [1.29, 1.82) is 0 Å². The molecule has 2 aliphatic rings. The molecule has 2 fully saturated rings. The van der Waals surface area contributed by atoms with E-state index < -0.39 is 11.1 Å². The summed E-state index contributed by atoms with van der Waals surface area (Å²) in [5, 5.41) is 9.13. The molecule has 160 valence electrons. The first-order valence-electron chi connectivity index (χ1n) is 10.2. The molecule has 0 bridgehead atoms. The van der Waals surface area contributed by atoms with Crippen molar-refractivity contribution in [2.75, 3.05) is 12.3 Å². The van der Waals surface area contributed by atoms with E-state index >= 15 is 0 Å². The predicted molar refractivity (Wildman–Crippen MR) is 116 cm³/mol. The number of rotatable bonds is 8. The molecule has 1 aromatic carbocycles. The van der Waals surface area contributed by atoms with E-state index in [1.165, 1.54) is 4.57 Å². The van der Waals surface area contributed by atoms with Crippen LogP contribution in [0.2, 0.25) is 0 Å². The van der Waals surface area contributed by atoms with Gasteiger partial charge in [-0.05, 0) is 25.0 Å². The molecule has 3 heterocycles. The lowest BCUT2D eigenvalue weighted by Gasteiger charge is -2.16. The monoisotopic (exact) mass is 431 g/mol. The molecule has 4 rings (SSSR count). The molecule has 0 spiro atoms. The Kier molecular flexibility index (Phi) is 6.12. The number of aromatic nitrogens is 2. The molecule has 3 amide bonds.